The van der Waals surface area contributed by atoms with Crippen molar-refractivity contribution < 1.29 is 14.4 Å². The van der Waals surface area contributed by atoms with Gasteiger partial charge in [0.25, 0.3) is 0 Å². The number of rotatable bonds is 4. The average molecular weight is 167 g/mol. The number of carbonyl (C=O) groups is 3. The Morgan fingerprint density at radius 2 is 1.42 bits per heavy atom. The van der Waals surface area contributed by atoms with Crippen LogP contribution in [0.3, 0.4) is 0 Å². The van der Waals surface area contributed by atoms with E-state index in [1.165, 1.54) is 13.8 Å². The predicted octanol–water partition coefficient (Wildman–Crippen LogP) is -0.245. The van der Waals surface area contributed by atoms with Crippen molar-refractivity contribution in [3.05, 3.63) is 0 Å². The largest absolute Gasteiger partial charge is 0.338 e. The van der Waals surface area contributed by atoms with Gasteiger partial charge in [-0.2, -0.15) is 0 Å². The minimum Gasteiger partial charge on any atom is -0.338 e. The maximum atomic E-state index is 10.6. The number of ketones is 2. The molecule has 0 saturated carbocycles. The predicted molar refractivity (Wildman–Crippen MR) is 44.1 cm³/mol. The van der Waals surface area contributed by atoms with Crippen LogP contribution in [-0.2, 0) is 9.59 Å². The van der Waals surface area contributed by atoms with Crippen LogP contribution in [0.15, 0.2) is 0 Å². The quantitative estimate of drug-likeness (QED) is 0.542. The number of carbonyl (C=O) groups excluding carboxylic acids is 3. The molecule has 0 bridgehead atoms. The summed E-state index contributed by atoms with van der Waals surface area (Å²) in [5.74, 6) is -1.15. The first-order chi connectivity index (χ1) is 5.43. The highest BCUT2D eigenvalue weighted by Crippen LogP contribution is 1.90. The lowest BCUT2D eigenvalue weighted by molar-refractivity contribution is -0.119. The van der Waals surface area contributed by atoms with E-state index in [9.17, 15) is 14.4 Å². The van der Waals surface area contributed by atoms with Crippen molar-refractivity contribution in [2.45, 2.75) is 13.8 Å². The summed E-state index contributed by atoms with van der Waals surface area (Å²) in [5, 5.41) is 0. The van der Waals surface area contributed by atoms with Crippen molar-refractivity contribution in [3.63, 3.8) is 0 Å². The highest BCUT2D eigenvalue weighted by atomic mass is 16.2. The van der Waals surface area contributed by atoms with E-state index in [0.29, 0.717) is 0 Å². The van der Waals surface area contributed by atoms with E-state index < -0.39 is 5.81 Å². The maximum Gasteiger partial charge on any atom is 0.200 e. The molecule has 64 valence electrons. The lowest BCUT2D eigenvalue weighted by Gasteiger charge is -2.17. The second kappa shape index (κ2) is 4.69. The summed E-state index contributed by atoms with van der Waals surface area (Å²) < 4.78 is 0. The fourth-order valence-corrected chi connectivity index (χ4v) is 0.749. The van der Waals surface area contributed by atoms with Crippen molar-refractivity contribution in [2.75, 3.05) is 13.1 Å². The van der Waals surface area contributed by atoms with Gasteiger partial charge in [0.05, 0.1) is 13.1 Å². The van der Waals surface area contributed by atoms with E-state index in [0.717, 1.165) is 4.90 Å². The molecule has 4 nitrogen and oxygen atoms in total. The monoisotopic (exact) mass is 167 g/mol. The Morgan fingerprint density at radius 3 is 1.58 bits per heavy atom. The van der Waals surface area contributed by atoms with E-state index >= 15 is 0 Å². The normalized spacial score (nSPS) is 9.17. The van der Waals surface area contributed by atoms with Crippen LogP contribution < -0.4 is 0 Å². The summed E-state index contributed by atoms with van der Waals surface area (Å²) in [6.45, 7) is 2.45. The van der Waals surface area contributed by atoms with Gasteiger partial charge in [0.1, 0.15) is 11.6 Å². The molecule has 2 radical (unpaired) electrons. The first-order valence-electron chi connectivity index (χ1n) is 3.46. The molecule has 0 rings (SSSR count). The van der Waals surface area contributed by atoms with Gasteiger partial charge in [-0.3, -0.25) is 14.4 Å². The smallest absolute Gasteiger partial charge is 0.200 e. The lowest BCUT2D eigenvalue weighted by atomic mass is 10.1. The Kier molecular flexibility index (Phi) is 4.25. The summed E-state index contributed by atoms with van der Waals surface area (Å²) >= 11 is 0. The molecule has 0 saturated heterocycles. The molecular formula is C7H10BNO3. The van der Waals surface area contributed by atoms with E-state index in [1.807, 2.05) is 0 Å². The number of hydrogen-bond acceptors (Lipinski definition) is 3. The number of amides is 1. The zero-order chi connectivity index (χ0) is 9.72. The van der Waals surface area contributed by atoms with Gasteiger partial charge in [0.15, 0.2) is 5.81 Å². The highest BCUT2D eigenvalue weighted by molar-refractivity contribution is 6.57. The number of Topliss-reactive ketones (excluding diaryl/α,β-unsaturated/α-hetero) is 2. The number of hydrogen-bond donors (Lipinski definition) is 0. The molecule has 0 aromatic carbocycles. The van der Waals surface area contributed by atoms with Crippen LogP contribution in [0.1, 0.15) is 13.8 Å². The molecular weight excluding hydrogens is 157 g/mol. The van der Waals surface area contributed by atoms with Crippen molar-refractivity contribution in [3.8, 4) is 0 Å². The van der Waals surface area contributed by atoms with Crippen LogP contribution in [0.5, 0.6) is 0 Å². The standard InChI is InChI=1S/C7H10BNO3/c1-5(10)3-9(7(8)12)4-6(2)11/h3-4H2,1-2H3. The second-order valence-corrected chi connectivity index (χ2v) is 2.60. The van der Waals surface area contributed by atoms with Crippen molar-refractivity contribution in [1.29, 1.82) is 0 Å². The van der Waals surface area contributed by atoms with Crippen molar-refractivity contribution in [2.24, 2.45) is 0 Å². The van der Waals surface area contributed by atoms with Crippen LogP contribution in [0.4, 0.5) is 4.79 Å². The van der Waals surface area contributed by atoms with E-state index in [4.69, 9.17) is 7.85 Å². The van der Waals surface area contributed by atoms with Gasteiger partial charge in [-0.15, -0.1) is 0 Å². The van der Waals surface area contributed by atoms with Crippen molar-refractivity contribution in [1.82, 2.24) is 4.90 Å². The van der Waals surface area contributed by atoms with Crippen LogP contribution in [0, 0.1) is 0 Å². The van der Waals surface area contributed by atoms with Gasteiger partial charge in [0.2, 0.25) is 7.85 Å². The summed E-state index contributed by atoms with van der Waals surface area (Å²) in [7, 11) is 4.92. The molecule has 0 aromatic rings. The molecule has 0 spiro atoms. The van der Waals surface area contributed by atoms with Crippen LogP contribution in [-0.4, -0.2) is 43.2 Å². The Morgan fingerprint density at radius 1 is 1.08 bits per heavy atom. The fraction of sp³-hybridized carbons (Fsp3) is 0.571. The maximum absolute atomic E-state index is 10.6. The van der Waals surface area contributed by atoms with E-state index in [2.05, 4.69) is 0 Å². The molecule has 12 heavy (non-hydrogen) atoms. The molecule has 0 N–H and O–H groups in total. The lowest BCUT2D eigenvalue weighted by Crippen LogP contribution is -2.37. The SMILES string of the molecule is [B]C(=O)N(CC(C)=O)CC(C)=O. The third-order valence-electron chi connectivity index (χ3n) is 1.14. The Labute approximate surface area is 72.3 Å². The molecule has 1 amide bonds. The van der Waals surface area contributed by atoms with Crippen molar-refractivity contribution >= 4 is 25.2 Å². The Balaban J connectivity index is 4.14. The fourth-order valence-electron chi connectivity index (χ4n) is 0.749. The molecule has 5 heteroatoms. The third kappa shape index (κ3) is 4.65. The number of nitrogens with zero attached hydrogens (tertiary/aromatic N) is 1. The van der Waals surface area contributed by atoms with Gasteiger partial charge in [-0.05, 0) is 13.8 Å². The van der Waals surface area contributed by atoms with Gasteiger partial charge in [-0.1, -0.05) is 0 Å². The molecule has 0 aliphatic carbocycles. The summed E-state index contributed by atoms with van der Waals surface area (Å²) in [6, 6.07) is 0. The van der Waals surface area contributed by atoms with Gasteiger partial charge < -0.3 is 4.90 Å². The van der Waals surface area contributed by atoms with Crippen LogP contribution >= 0.6 is 0 Å². The molecule has 0 heterocycles. The molecule has 0 unspecified atom stereocenters. The van der Waals surface area contributed by atoms with Crippen LogP contribution in [0.2, 0.25) is 0 Å². The topological polar surface area (TPSA) is 54.5 Å². The zero-order valence-electron chi connectivity index (χ0n) is 7.16. The van der Waals surface area contributed by atoms with Gasteiger partial charge in [0, 0.05) is 0 Å². The molecule has 0 aliphatic rings. The zero-order valence-corrected chi connectivity index (χ0v) is 7.16. The minimum absolute atomic E-state index is 0.102. The molecule has 0 aromatic heterocycles. The average Bonchev–Trinajstić information content (AvgIpc) is 1.83. The highest BCUT2D eigenvalue weighted by Gasteiger charge is 2.11. The molecule has 0 aliphatic heterocycles. The third-order valence-corrected chi connectivity index (χ3v) is 1.14. The summed E-state index contributed by atoms with van der Waals surface area (Å²) in [4.78, 5) is 32.8. The first kappa shape index (κ1) is 10.9. The Bertz CT molecular complexity index is 199. The van der Waals surface area contributed by atoms with E-state index in [1.54, 1.807) is 0 Å². The van der Waals surface area contributed by atoms with Gasteiger partial charge in [-0.25, -0.2) is 0 Å². The summed E-state index contributed by atoms with van der Waals surface area (Å²) in [6.07, 6.45) is 0. The van der Waals surface area contributed by atoms with Crippen LogP contribution in [0.25, 0.3) is 0 Å². The van der Waals surface area contributed by atoms with Gasteiger partial charge >= 0.3 is 0 Å². The molecule has 0 fully saturated rings. The molecule has 0 atom stereocenters. The minimum atomic E-state index is -0.750. The second-order valence-electron chi connectivity index (χ2n) is 2.60. The first-order valence-corrected chi connectivity index (χ1v) is 3.46. The van der Waals surface area contributed by atoms with E-state index in [-0.39, 0.29) is 24.7 Å². The summed E-state index contributed by atoms with van der Waals surface area (Å²) in [5.41, 5.74) is 0. The Hall–Kier alpha value is -1.13.